The zero-order valence-corrected chi connectivity index (χ0v) is 13.9. The van der Waals surface area contributed by atoms with Crippen LogP contribution >= 0.6 is 0 Å². The van der Waals surface area contributed by atoms with E-state index in [9.17, 15) is 13.6 Å². The molecule has 1 heterocycles. The van der Waals surface area contributed by atoms with E-state index >= 15 is 0 Å². The summed E-state index contributed by atoms with van der Waals surface area (Å²) in [7, 11) is 0. The Balaban J connectivity index is 1.79. The Morgan fingerprint density at radius 1 is 1.08 bits per heavy atom. The Hall–Kier alpha value is -2.27. The highest BCUT2D eigenvalue weighted by Gasteiger charge is 2.24. The van der Waals surface area contributed by atoms with Crippen molar-refractivity contribution in [1.82, 2.24) is 5.32 Å². The molecule has 1 amide bonds. The smallest absolute Gasteiger partial charge is 0.223 e. The molecule has 0 bridgehead atoms. The molecule has 0 aliphatic carbocycles. The molecule has 5 heteroatoms. The lowest BCUT2D eigenvalue weighted by Crippen LogP contribution is -2.37. The minimum absolute atomic E-state index is 0.0611. The Labute approximate surface area is 146 Å². The summed E-state index contributed by atoms with van der Waals surface area (Å²) in [4.78, 5) is 12.6. The van der Waals surface area contributed by atoms with E-state index in [2.05, 4.69) is 5.32 Å². The highest BCUT2D eigenvalue weighted by atomic mass is 19.1. The summed E-state index contributed by atoms with van der Waals surface area (Å²) in [6, 6.07) is 12.0. The first kappa shape index (κ1) is 17.5. The summed E-state index contributed by atoms with van der Waals surface area (Å²) in [5.41, 5.74) is 1.42. The number of amides is 1. The quantitative estimate of drug-likeness (QED) is 0.895. The zero-order valence-electron chi connectivity index (χ0n) is 13.9. The molecule has 1 fully saturated rings. The van der Waals surface area contributed by atoms with Crippen molar-refractivity contribution in [3.63, 3.8) is 0 Å². The molecule has 2 aromatic carbocycles. The van der Waals surface area contributed by atoms with Gasteiger partial charge in [-0.25, -0.2) is 8.78 Å². The average molecular weight is 345 g/mol. The highest BCUT2D eigenvalue weighted by molar-refractivity contribution is 5.79. The van der Waals surface area contributed by atoms with E-state index < -0.39 is 6.04 Å². The standard InChI is InChI=1S/C20H21F2NO2/c21-17-5-1-3-14(11-17)12-19(16-4-2-6-18(22)13-16)23-20(24)15-7-9-25-10-8-15/h1-6,11,13,15,19H,7-10,12H2,(H,23,24)/t19-/m0/s1. The molecule has 1 saturated heterocycles. The molecular weight excluding hydrogens is 324 g/mol. The van der Waals surface area contributed by atoms with Crippen LogP contribution in [0.1, 0.15) is 30.0 Å². The fourth-order valence-electron chi connectivity index (χ4n) is 3.12. The maximum atomic E-state index is 13.6. The van der Waals surface area contributed by atoms with E-state index in [1.165, 1.54) is 24.3 Å². The Kier molecular flexibility index (Phi) is 5.76. The Morgan fingerprint density at radius 3 is 2.44 bits per heavy atom. The second kappa shape index (κ2) is 8.21. The van der Waals surface area contributed by atoms with Crippen molar-refractivity contribution in [2.75, 3.05) is 13.2 Å². The maximum Gasteiger partial charge on any atom is 0.223 e. The van der Waals surface area contributed by atoms with Gasteiger partial charge in [-0.3, -0.25) is 4.79 Å². The van der Waals surface area contributed by atoms with Crippen LogP contribution in [-0.2, 0) is 16.0 Å². The molecule has 0 saturated carbocycles. The van der Waals surface area contributed by atoms with Crippen molar-refractivity contribution in [1.29, 1.82) is 0 Å². The van der Waals surface area contributed by atoms with Crippen LogP contribution in [0.2, 0.25) is 0 Å². The van der Waals surface area contributed by atoms with Crippen molar-refractivity contribution in [2.24, 2.45) is 5.92 Å². The lowest BCUT2D eigenvalue weighted by molar-refractivity contribution is -0.128. The largest absolute Gasteiger partial charge is 0.381 e. The molecule has 0 aromatic heterocycles. The number of nitrogens with one attached hydrogen (secondary N) is 1. The fourth-order valence-corrected chi connectivity index (χ4v) is 3.12. The molecule has 25 heavy (non-hydrogen) atoms. The molecule has 3 nitrogen and oxygen atoms in total. The number of carbonyl (C=O) groups is 1. The molecule has 132 valence electrons. The molecule has 3 rings (SSSR count). The van der Waals surface area contributed by atoms with Crippen molar-refractivity contribution in [2.45, 2.75) is 25.3 Å². The first-order chi connectivity index (χ1) is 12.1. The first-order valence-electron chi connectivity index (χ1n) is 8.50. The highest BCUT2D eigenvalue weighted by Crippen LogP contribution is 2.22. The Bertz CT molecular complexity index is 729. The van der Waals surface area contributed by atoms with Crippen molar-refractivity contribution < 1.29 is 18.3 Å². The van der Waals surface area contributed by atoms with Gasteiger partial charge in [-0.15, -0.1) is 0 Å². The van der Waals surface area contributed by atoms with Crippen LogP contribution in [-0.4, -0.2) is 19.1 Å². The van der Waals surface area contributed by atoms with E-state index in [0.717, 1.165) is 5.56 Å². The number of benzene rings is 2. The van der Waals surface area contributed by atoms with Gasteiger partial charge < -0.3 is 10.1 Å². The van der Waals surface area contributed by atoms with Crippen molar-refractivity contribution in [3.8, 4) is 0 Å². The maximum absolute atomic E-state index is 13.6. The SMILES string of the molecule is O=C(N[C@@H](Cc1cccc(F)c1)c1cccc(F)c1)C1CCOCC1. The van der Waals surface area contributed by atoms with Crippen LogP contribution in [0.15, 0.2) is 48.5 Å². The predicted octanol–water partition coefficient (Wildman–Crippen LogP) is 3.79. The number of carbonyl (C=O) groups excluding carboxylic acids is 1. The molecule has 1 aliphatic rings. The van der Waals surface area contributed by atoms with Crippen LogP contribution in [0.3, 0.4) is 0 Å². The van der Waals surface area contributed by atoms with E-state index in [1.807, 2.05) is 0 Å². The van der Waals surface area contributed by atoms with E-state index in [4.69, 9.17) is 4.74 Å². The van der Waals surface area contributed by atoms with Crippen LogP contribution in [0, 0.1) is 17.6 Å². The second-order valence-corrected chi connectivity index (χ2v) is 6.34. The monoisotopic (exact) mass is 345 g/mol. The van der Waals surface area contributed by atoms with Gasteiger partial charge >= 0.3 is 0 Å². The lowest BCUT2D eigenvalue weighted by atomic mass is 9.95. The summed E-state index contributed by atoms with van der Waals surface area (Å²) in [6.07, 6.45) is 1.76. The second-order valence-electron chi connectivity index (χ2n) is 6.34. The first-order valence-corrected chi connectivity index (χ1v) is 8.50. The predicted molar refractivity (Wildman–Crippen MR) is 90.9 cm³/mol. The van der Waals surface area contributed by atoms with E-state index in [1.54, 1.807) is 24.3 Å². The van der Waals surface area contributed by atoms with Gasteiger partial charge in [0.1, 0.15) is 11.6 Å². The zero-order chi connectivity index (χ0) is 17.6. The number of ether oxygens (including phenoxy) is 1. The Morgan fingerprint density at radius 2 is 1.76 bits per heavy atom. The van der Waals surface area contributed by atoms with Crippen molar-refractivity contribution >= 4 is 5.91 Å². The number of hydrogen-bond acceptors (Lipinski definition) is 2. The number of rotatable bonds is 5. The van der Waals surface area contributed by atoms with Crippen LogP contribution in [0.4, 0.5) is 8.78 Å². The van der Waals surface area contributed by atoms with Gasteiger partial charge in [-0.2, -0.15) is 0 Å². The van der Waals surface area contributed by atoms with Crippen LogP contribution in [0.5, 0.6) is 0 Å². The molecule has 0 unspecified atom stereocenters. The molecule has 1 aliphatic heterocycles. The minimum Gasteiger partial charge on any atom is -0.381 e. The molecular formula is C20H21F2NO2. The normalized spacial score (nSPS) is 16.4. The molecule has 0 radical (unpaired) electrons. The van der Waals surface area contributed by atoms with Gasteiger partial charge in [0.25, 0.3) is 0 Å². The third kappa shape index (κ3) is 4.86. The average Bonchev–Trinajstić information content (AvgIpc) is 2.62. The summed E-state index contributed by atoms with van der Waals surface area (Å²) in [6.45, 7) is 1.15. The third-order valence-electron chi connectivity index (χ3n) is 4.49. The summed E-state index contributed by atoms with van der Waals surface area (Å²) in [5, 5.41) is 3.01. The lowest BCUT2D eigenvalue weighted by Gasteiger charge is -2.25. The van der Waals surface area contributed by atoms with E-state index in [0.29, 0.717) is 38.0 Å². The number of hydrogen-bond donors (Lipinski definition) is 1. The summed E-state index contributed by atoms with van der Waals surface area (Å²) in [5.74, 6) is -0.848. The number of halogens is 2. The topological polar surface area (TPSA) is 38.3 Å². The van der Waals surface area contributed by atoms with Crippen LogP contribution < -0.4 is 5.32 Å². The molecule has 0 spiro atoms. The summed E-state index contributed by atoms with van der Waals surface area (Å²) < 4.78 is 32.4. The van der Waals surface area contributed by atoms with E-state index in [-0.39, 0.29) is 23.5 Å². The van der Waals surface area contributed by atoms with Crippen LogP contribution in [0.25, 0.3) is 0 Å². The van der Waals surface area contributed by atoms with Gasteiger partial charge in [0.05, 0.1) is 6.04 Å². The molecule has 1 N–H and O–H groups in total. The van der Waals surface area contributed by atoms with Gasteiger partial charge in [0, 0.05) is 19.1 Å². The summed E-state index contributed by atoms with van der Waals surface area (Å²) >= 11 is 0. The fraction of sp³-hybridized carbons (Fsp3) is 0.350. The van der Waals surface area contributed by atoms with Gasteiger partial charge in [0.15, 0.2) is 0 Å². The third-order valence-corrected chi connectivity index (χ3v) is 4.49. The molecule has 1 atom stereocenters. The van der Waals surface area contributed by atoms with Crippen molar-refractivity contribution in [3.05, 3.63) is 71.3 Å². The van der Waals surface area contributed by atoms with Gasteiger partial charge in [0.2, 0.25) is 5.91 Å². The molecule has 2 aromatic rings. The van der Waals surface area contributed by atoms with Gasteiger partial charge in [-0.1, -0.05) is 24.3 Å². The van der Waals surface area contributed by atoms with Gasteiger partial charge in [-0.05, 0) is 54.7 Å². The minimum atomic E-state index is -0.409.